The Bertz CT molecular complexity index is 551. The van der Waals surface area contributed by atoms with Gasteiger partial charge in [-0.25, -0.2) is 4.98 Å². The van der Waals surface area contributed by atoms with Crippen LogP contribution in [0.1, 0.15) is 28.1 Å². The lowest BCUT2D eigenvalue weighted by molar-refractivity contribution is 0.321. The Morgan fingerprint density at radius 3 is 2.95 bits per heavy atom. The van der Waals surface area contributed by atoms with E-state index in [0.29, 0.717) is 6.61 Å². The van der Waals surface area contributed by atoms with E-state index in [1.165, 1.54) is 10.4 Å². The van der Waals surface area contributed by atoms with Gasteiger partial charge in [0.25, 0.3) is 0 Å². The van der Waals surface area contributed by atoms with Crippen molar-refractivity contribution in [1.29, 1.82) is 0 Å². The summed E-state index contributed by atoms with van der Waals surface area (Å²) in [5.74, 6) is 0.952. The maximum Gasteiger partial charge on any atom is 0.119 e. The van der Waals surface area contributed by atoms with Gasteiger partial charge in [0.05, 0.1) is 17.3 Å². The van der Waals surface area contributed by atoms with E-state index in [9.17, 15) is 0 Å². The highest BCUT2D eigenvalue weighted by molar-refractivity contribution is 7.11. The Morgan fingerprint density at radius 1 is 1.35 bits per heavy atom. The third-order valence-corrected chi connectivity index (χ3v) is 4.38. The maximum absolute atomic E-state index is 5.81. The third-order valence-electron chi connectivity index (χ3n) is 3.17. The van der Waals surface area contributed by atoms with Gasteiger partial charge in [-0.1, -0.05) is 19.1 Å². The lowest BCUT2D eigenvalue weighted by Crippen LogP contribution is -2.04. The second kappa shape index (κ2) is 7.41. The summed E-state index contributed by atoms with van der Waals surface area (Å²) in [4.78, 5) is 5.91. The van der Waals surface area contributed by atoms with Crippen molar-refractivity contribution < 1.29 is 4.74 Å². The van der Waals surface area contributed by atoms with Crippen molar-refractivity contribution in [3.63, 3.8) is 0 Å². The number of nitrogens with zero attached hydrogens (tertiary/aromatic N) is 1. The number of aromatic nitrogens is 1. The maximum atomic E-state index is 5.81. The first-order valence-corrected chi connectivity index (χ1v) is 7.86. The molecule has 0 radical (unpaired) electrons. The molecule has 1 aromatic heterocycles. The highest BCUT2D eigenvalue weighted by Gasteiger charge is 2.07. The first kappa shape index (κ1) is 15.0. The zero-order chi connectivity index (χ0) is 14.4. The molecule has 1 N–H and O–H groups in total. The summed E-state index contributed by atoms with van der Waals surface area (Å²) < 4.78 is 5.81. The van der Waals surface area contributed by atoms with Gasteiger partial charge in [0.1, 0.15) is 5.75 Å². The van der Waals surface area contributed by atoms with E-state index in [-0.39, 0.29) is 0 Å². The predicted molar refractivity (Wildman–Crippen MR) is 84.6 cm³/mol. The number of nitrogens with one attached hydrogen (secondary N) is 1. The molecule has 2 rings (SSSR count). The molecule has 108 valence electrons. The molecule has 0 aliphatic heterocycles. The molecular weight excluding hydrogens is 268 g/mol. The molecule has 0 unspecified atom stereocenters. The summed E-state index contributed by atoms with van der Waals surface area (Å²) in [6.07, 6.45) is 1.90. The van der Waals surface area contributed by atoms with Crippen LogP contribution in [0.15, 0.2) is 24.3 Å². The number of hydrogen-bond acceptors (Lipinski definition) is 4. The average Bonchev–Trinajstić information content (AvgIpc) is 2.80. The molecule has 3 nitrogen and oxygen atoms in total. The molecule has 1 aromatic carbocycles. The lowest BCUT2D eigenvalue weighted by Gasteiger charge is -2.06. The molecule has 4 heteroatoms. The highest BCUT2D eigenvalue weighted by atomic mass is 32.1. The van der Waals surface area contributed by atoms with Gasteiger partial charge in [-0.15, -0.1) is 11.3 Å². The van der Waals surface area contributed by atoms with Gasteiger partial charge in [-0.05, 0) is 38.1 Å². The van der Waals surface area contributed by atoms with E-state index in [4.69, 9.17) is 4.74 Å². The van der Waals surface area contributed by atoms with Crippen molar-refractivity contribution in [2.45, 2.75) is 33.2 Å². The van der Waals surface area contributed by atoms with Crippen LogP contribution in [0.4, 0.5) is 0 Å². The molecular formula is C16H22N2OS. The molecule has 0 amide bonds. The number of benzene rings is 1. The highest BCUT2D eigenvalue weighted by Crippen LogP contribution is 2.19. The van der Waals surface area contributed by atoms with E-state index >= 15 is 0 Å². The molecule has 0 aliphatic carbocycles. The van der Waals surface area contributed by atoms with Gasteiger partial charge in [0.15, 0.2) is 0 Å². The fourth-order valence-corrected chi connectivity index (χ4v) is 3.09. The van der Waals surface area contributed by atoms with E-state index in [0.717, 1.165) is 35.8 Å². The number of hydrogen-bond donors (Lipinski definition) is 1. The van der Waals surface area contributed by atoms with Gasteiger partial charge in [0, 0.05) is 17.8 Å². The Hall–Kier alpha value is -1.39. The van der Waals surface area contributed by atoms with Gasteiger partial charge in [0.2, 0.25) is 0 Å². The zero-order valence-corrected chi connectivity index (χ0v) is 13.2. The van der Waals surface area contributed by atoms with Crippen molar-refractivity contribution in [3.8, 4) is 5.75 Å². The summed E-state index contributed by atoms with van der Waals surface area (Å²) >= 11 is 1.77. The van der Waals surface area contributed by atoms with Crippen LogP contribution >= 0.6 is 11.3 Å². The molecule has 0 saturated heterocycles. The second-order valence-electron chi connectivity index (χ2n) is 4.75. The van der Waals surface area contributed by atoms with E-state index in [1.54, 1.807) is 11.3 Å². The summed E-state index contributed by atoms with van der Waals surface area (Å²) in [5.41, 5.74) is 2.44. The van der Waals surface area contributed by atoms with E-state index in [1.807, 2.05) is 19.2 Å². The summed E-state index contributed by atoms with van der Waals surface area (Å²) in [6, 6.07) is 8.30. The van der Waals surface area contributed by atoms with Gasteiger partial charge < -0.3 is 10.1 Å². The van der Waals surface area contributed by atoms with Crippen molar-refractivity contribution in [1.82, 2.24) is 10.3 Å². The largest absolute Gasteiger partial charge is 0.493 e. The molecule has 1 heterocycles. The standard InChI is InChI=1S/C16H22N2OS/c1-4-13-6-5-7-14(10-13)19-9-8-16-18-12(2)15(20-16)11-17-3/h5-7,10,17H,4,8-9,11H2,1-3H3. The minimum atomic E-state index is 0.680. The van der Waals surface area contributed by atoms with Crippen LogP contribution in [0.5, 0.6) is 5.75 Å². The predicted octanol–water partition coefficient (Wildman–Crippen LogP) is 3.35. The number of ether oxygens (including phenoxy) is 1. The summed E-state index contributed by atoms with van der Waals surface area (Å²) in [5, 5.41) is 4.32. The quantitative estimate of drug-likeness (QED) is 0.849. The summed E-state index contributed by atoms with van der Waals surface area (Å²) in [7, 11) is 1.96. The topological polar surface area (TPSA) is 34.1 Å². The zero-order valence-electron chi connectivity index (χ0n) is 12.4. The SMILES string of the molecule is CCc1cccc(OCCc2nc(C)c(CNC)s2)c1. The lowest BCUT2D eigenvalue weighted by atomic mass is 10.2. The van der Waals surface area contributed by atoms with Gasteiger partial charge >= 0.3 is 0 Å². The first-order valence-electron chi connectivity index (χ1n) is 7.04. The fraction of sp³-hybridized carbons (Fsp3) is 0.438. The smallest absolute Gasteiger partial charge is 0.119 e. The monoisotopic (exact) mass is 290 g/mol. The van der Waals surface area contributed by atoms with Gasteiger partial charge in [-0.2, -0.15) is 0 Å². The summed E-state index contributed by atoms with van der Waals surface area (Å²) in [6.45, 7) is 5.79. The normalized spacial score (nSPS) is 10.8. The molecule has 0 aliphatic rings. The number of aryl methyl sites for hydroxylation is 2. The average molecular weight is 290 g/mol. The van der Waals surface area contributed by atoms with Crippen LogP contribution in [-0.2, 0) is 19.4 Å². The minimum Gasteiger partial charge on any atom is -0.493 e. The van der Waals surface area contributed by atoms with E-state index < -0.39 is 0 Å². The molecule has 0 fully saturated rings. The molecule has 0 saturated carbocycles. The van der Waals surface area contributed by atoms with Crippen LogP contribution < -0.4 is 10.1 Å². The van der Waals surface area contributed by atoms with Crippen molar-refractivity contribution in [3.05, 3.63) is 45.4 Å². The Kier molecular flexibility index (Phi) is 5.56. The van der Waals surface area contributed by atoms with Gasteiger partial charge in [-0.3, -0.25) is 0 Å². The Morgan fingerprint density at radius 2 is 2.20 bits per heavy atom. The van der Waals surface area contributed by atoms with Crippen LogP contribution in [0, 0.1) is 6.92 Å². The molecule has 0 spiro atoms. The van der Waals surface area contributed by atoms with Crippen LogP contribution in [0.2, 0.25) is 0 Å². The number of thiazole rings is 1. The molecule has 2 aromatic rings. The van der Waals surface area contributed by atoms with Crippen LogP contribution in [-0.4, -0.2) is 18.6 Å². The molecule has 20 heavy (non-hydrogen) atoms. The Labute approximate surface area is 125 Å². The van der Waals surface area contributed by atoms with Crippen molar-refractivity contribution >= 4 is 11.3 Å². The Balaban J connectivity index is 1.87. The van der Waals surface area contributed by atoms with Crippen molar-refractivity contribution in [2.24, 2.45) is 0 Å². The third kappa shape index (κ3) is 4.05. The van der Waals surface area contributed by atoms with Crippen LogP contribution in [0.3, 0.4) is 0 Å². The molecule has 0 bridgehead atoms. The van der Waals surface area contributed by atoms with E-state index in [2.05, 4.69) is 36.3 Å². The molecule has 0 atom stereocenters. The minimum absolute atomic E-state index is 0.680. The van der Waals surface area contributed by atoms with Crippen molar-refractivity contribution in [2.75, 3.05) is 13.7 Å². The second-order valence-corrected chi connectivity index (χ2v) is 5.91. The first-order chi connectivity index (χ1) is 9.72. The fourth-order valence-electron chi connectivity index (χ4n) is 2.03. The number of rotatable bonds is 7. The van der Waals surface area contributed by atoms with Crippen LogP contribution in [0.25, 0.3) is 0 Å².